The van der Waals surface area contributed by atoms with Crippen LogP contribution in [0.2, 0.25) is 0 Å². The number of carboxylic acid groups (broad SMARTS) is 1. The number of carbonyl (C=O) groups excluding carboxylic acids is 1. The molecule has 1 aliphatic heterocycles. The second-order valence-electron chi connectivity index (χ2n) is 13.6. The van der Waals surface area contributed by atoms with Crippen molar-refractivity contribution in [1.82, 2.24) is 0 Å². The summed E-state index contributed by atoms with van der Waals surface area (Å²) in [5.74, 6) is -0.804. The average molecular weight is 553 g/mol. The van der Waals surface area contributed by atoms with Gasteiger partial charge < -0.3 is 30.5 Å². The number of quaternary nitrogens is 1. The van der Waals surface area contributed by atoms with Crippen molar-refractivity contribution in [2.24, 2.45) is 35.3 Å². The van der Waals surface area contributed by atoms with Crippen LogP contribution >= 0.6 is 0 Å². The molecule has 0 spiro atoms. The molecule has 228 valence electrons. The molecule has 0 amide bonds. The van der Waals surface area contributed by atoms with E-state index in [1.165, 1.54) is 32.1 Å². The molecular formula is C32H60N2O5. The summed E-state index contributed by atoms with van der Waals surface area (Å²) >= 11 is 0. The van der Waals surface area contributed by atoms with Crippen molar-refractivity contribution in [3.8, 4) is 0 Å². The smallest absolute Gasteiger partial charge is 0.137 e. The largest absolute Gasteiger partial charge is 0.550 e. The molecule has 9 unspecified atom stereocenters. The maximum Gasteiger partial charge on any atom is 0.137 e. The first-order chi connectivity index (χ1) is 18.7. The molecule has 2 saturated carbocycles. The molecule has 39 heavy (non-hydrogen) atoms. The van der Waals surface area contributed by atoms with Crippen LogP contribution < -0.4 is 16.2 Å². The Kier molecular flexibility index (Phi) is 14.0. The van der Waals surface area contributed by atoms with Gasteiger partial charge in [0.1, 0.15) is 6.17 Å². The van der Waals surface area contributed by atoms with E-state index in [0.717, 1.165) is 90.0 Å². The highest BCUT2D eigenvalue weighted by Gasteiger charge is 2.52. The Morgan fingerprint density at radius 3 is 2.28 bits per heavy atom. The SMILES string of the molecule is CCCCCCCC(O)CCCCCCC(C(=O)[O-])C(O)C1CCC2C(CC3CC[NH2+]C(N)C3)CCC2(O)C1. The molecule has 3 fully saturated rings. The lowest BCUT2D eigenvalue weighted by Gasteiger charge is -2.44. The standard InChI is InChI=1S/C32H60N2O5/c1-2-3-4-5-8-11-26(35)12-9-6-7-10-13-27(31(37)38)30(36)25-14-15-28-24(16-18-32(28,39)22-25)20-23-17-19-34-29(33)21-23/h23-30,34-36,39H,2-22,33H2,1H3,(H,37,38). The second kappa shape index (κ2) is 16.6. The van der Waals surface area contributed by atoms with Crippen LogP contribution in [0.4, 0.5) is 0 Å². The van der Waals surface area contributed by atoms with Crippen molar-refractivity contribution in [2.75, 3.05) is 6.54 Å². The summed E-state index contributed by atoms with van der Waals surface area (Å²) < 4.78 is 0. The Morgan fingerprint density at radius 2 is 1.64 bits per heavy atom. The number of piperidine rings is 1. The Hall–Kier alpha value is -0.730. The molecule has 0 aromatic carbocycles. The number of carboxylic acids is 1. The van der Waals surface area contributed by atoms with Crippen LogP contribution in [-0.4, -0.2) is 51.8 Å². The third-order valence-corrected chi connectivity index (χ3v) is 10.6. The predicted molar refractivity (Wildman–Crippen MR) is 152 cm³/mol. The molecule has 1 saturated heterocycles. The molecule has 7 N–H and O–H groups in total. The van der Waals surface area contributed by atoms with Gasteiger partial charge >= 0.3 is 0 Å². The van der Waals surface area contributed by atoms with Crippen molar-refractivity contribution >= 4 is 5.97 Å². The number of nitrogens with two attached hydrogens (primary N) is 2. The van der Waals surface area contributed by atoms with Crippen molar-refractivity contribution in [3.63, 3.8) is 0 Å². The molecule has 9 atom stereocenters. The highest BCUT2D eigenvalue weighted by molar-refractivity contribution is 5.68. The van der Waals surface area contributed by atoms with Crippen molar-refractivity contribution in [1.29, 1.82) is 0 Å². The fourth-order valence-corrected chi connectivity index (χ4v) is 8.31. The van der Waals surface area contributed by atoms with Crippen LogP contribution in [0.25, 0.3) is 0 Å². The van der Waals surface area contributed by atoms with Crippen LogP contribution in [0.15, 0.2) is 0 Å². The highest BCUT2D eigenvalue weighted by Crippen LogP contribution is 2.53. The molecule has 0 radical (unpaired) electrons. The molecule has 3 aliphatic rings. The van der Waals surface area contributed by atoms with Gasteiger partial charge in [0, 0.05) is 18.3 Å². The zero-order valence-corrected chi connectivity index (χ0v) is 24.8. The van der Waals surface area contributed by atoms with E-state index in [9.17, 15) is 25.2 Å². The van der Waals surface area contributed by atoms with E-state index < -0.39 is 23.6 Å². The average Bonchev–Trinajstić information content (AvgIpc) is 3.22. The lowest BCUT2D eigenvalue weighted by atomic mass is 9.66. The number of fused-ring (bicyclic) bond motifs is 1. The van der Waals surface area contributed by atoms with Crippen LogP contribution in [0.3, 0.4) is 0 Å². The summed E-state index contributed by atoms with van der Waals surface area (Å²) in [6, 6.07) is 0. The molecule has 7 nitrogen and oxygen atoms in total. The number of carbonyl (C=O) groups is 1. The number of rotatable bonds is 18. The lowest BCUT2D eigenvalue weighted by molar-refractivity contribution is -0.699. The van der Waals surface area contributed by atoms with Crippen LogP contribution in [0.1, 0.15) is 135 Å². The van der Waals surface area contributed by atoms with Gasteiger partial charge in [-0.25, -0.2) is 0 Å². The topological polar surface area (TPSA) is 143 Å². The van der Waals surface area contributed by atoms with Crippen LogP contribution in [0.5, 0.6) is 0 Å². The first kappa shape index (κ1) is 32.8. The summed E-state index contributed by atoms with van der Waals surface area (Å²) in [6.45, 7) is 3.30. The summed E-state index contributed by atoms with van der Waals surface area (Å²) in [5.41, 5.74) is 5.39. The van der Waals surface area contributed by atoms with Gasteiger partial charge in [-0.05, 0) is 87.9 Å². The van der Waals surface area contributed by atoms with E-state index in [-0.39, 0.29) is 24.1 Å². The second-order valence-corrected chi connectivity index (χ2v) is 13.6. The van der Waals surface area contributed by atoms with E-state index in [0.29, 0.717) is 24.7 Å². The number of hydrogen-bond acceptors (Lipinski definition) is 6. The molecule has 0 bridgehead atoms. The summed E-state index contributed by atoms with van der Waals surface area (Å²) in [7, 11) is 0. The van der Waals surface area contributed by atoms with Gasteiger partial charge in [0.2, 0.25) is 0 Å². The van der Waals surface area contributed by atoms with E-state index in [1.807, 2.05) is 0 Å². The minimum atomic E-state index is -1.16. The Morgan fingerprint density at radius 1 is 0.974 bits per heavy atom. The van der Waals surface area contributed by atoms with Gasteiger partial charge in [-0.1, -0.05) is 64.7 Å². The monoisotopic (exact) mass is 552 g/mol. The number of unbranched alkanes of at least 4 members (excludes halogenated alkanes) is 7. The number of aliphatic hydroxyl groups is 3. The summed E-state index contributed by atoms with van der Waals surface area (Å²) in [5, 5.41) is 47.1. The fourth-order valence-electron chi connectivity index (χ4n) is 8.31. The molecule has 3 rings (SSSR count). The molecule has 0 aromatic heterocycles. The van der Waals surface area contributed by atoms with Crippen molar-refractivity contribution < 1.29 is 30.5 Å². The maximum absolute atomic E-state index is 12.0. The van der Waals surface area contributed by atoms with Crippen molar-refractivity contribution in [3.05, 3.63) is 0 Å². The third-order valence-electron chi connectivity index (χ3n) is 10.6. The summed E-state index contributed by atoms with van der Waals surface area (Å²) in [4.78, 5) is 12.0. The van der Waals surface area contributed by atoms with Crippen LogP contribution in [0, 0.1) is 29.6 Å². The van der Waals surface area contributed by atoms with E-state index in [1.54, 1.807) is 0 Å². The van der Waals surface area contributed by atoms with E-state index in [2.05, 4.69) is 12.2 Å². The molecule has 2 aliphatic carbocycles. The minimum Gasteiger partial charge on any atom is -0.550 e. The predicted octanol–water partition coefficient (Wildman–Crippen LogP) is 2.98. The van der Waals surface area contributed by atoms with Crippen molar-refractivity contribution in [2.45, 2.75) is 159 Å². The van der Waals surface area contributed by atoms with Crippen LogP contribution in [-0.2, 0) is 4.79 Å². The Balaban J connectivity index is 1.36. The highest BCUT2D eigenvalue weighted by atomic mass is 16.4. The number of aliphatic carboxylic acids is 1. The number of aliphatic hydroxyl groups excluding tert-OH is 2. The molecular weight excluding hydrogens is 492 g/mol. The number of hydrogen-bond donors (Lipinski definition) is 5. The first-order valence-corrected chi connectivity index (χ1v) is 16.6. The zero-order chi connectivity index (χ0) is 28.3. The maximum atomic E-state index is 12.0. The van der Waals surface area contributed by atoms with Gasteiger partial charge in [-0.15, -0.1) is 0 Å². The molecule has 7 heteroatoms. The van der Waals surface area contributed by atoms with Gasteiger partial charge in [-0.3, -0.25) is 5.73 Å². The first-order valence-electron chi connectivity index (χ1n) is 16.6. The summed E-state index contributed by atoms with van der Waals surface area (Å²) in [6.07, 6.45) is 18.1. The molecule has 0 aromatic rings. The third kappa shape index (κ3) is 10.2. The van der Waals surface area contributed by atoms with Gasteiger partial charge in [0.05, 0.1) is 24.4 Å². The zero-order valence-electron chi connectivity index (χ0n) is 24.8. The fraction of sp³-hybridized carbons (Fsp3) is 0.969. The van der Waals surface area contributed by atoms with E-state index in [4.69, 9.17) is 5.73 Å². The Bertz CT molecular complexity index is 708. The van der Waals surface area contributed by atoms with Gasteiger partial charge in [0.25, 0.3) is 0 Å². The lowest BCUT2D eigenvalue weighted by Crippen LogP contribution is -2.94. The quantitative estimate of drug-likeness (QED) is 0.165. The van der Waals surface area contributed by atoms with E-state index >= 15 is 0 Å². The molecule has 1 heterocycles. The normalized spacial score (nSPS) is 33.4. The Labute approximate surface area is 237 Å². The van der Waals surface area contributed by atoms with Gasteiger partial charge in [-0.2, -0.15) is 0 Å². The van der Waals surface area contributed by atoms with Gasteiger partial charge in [0.15, 0.2) is 0 Å². The minimum absolute atomic E-state index is 0.182.